The Labute approximate surface area is 120 Å². The molecule has 0 heterocycles. The number of fused-ring (bicyclic) bond motifs is 1. The van der Waals surface area contributed by atoms with Gasteiger partial charge in [0.25, 0.3) is 0 Å². The largest absolute Gasteiger partial charge is 0.389 e. The van der Waals surface area contributed by atoms with Crippen molar-refractivity contribution >= 4 is 16.1 Å². The first-order valence-electron chi connectivity index (χ1n) is 6.67. The summed E-state index contributed by atoms with van der Waals surface area (Å²) in [4.78, 5) is 0.419. The third kappa shape index (κ3) is 3.29. The summed E-state index contributed by atoms with van der Waals surface area (Å²) in [5.74, 6) is 0. The maximum absolute atomic E-state index is 12.5. The standard InChI is InChI=1S/C15H21NO3S/c1-15(2,17)11-16(3)20(18,19)14-9-8-12-6-4-5-7-13(12)10-14/h4-7,10,17H,8-9,11H2,1-3H3. The first-order chi connectivity index (χ1) is 9.20. The van der Waals surface area contributed by atoms with Crippen LogP contribution in [-0.4, -0.2) is 37.0 Å². The maximum atomic E-state index is 12.5. The number of hydrogen-bond acceptors (Lipinski definition) is 3. The first kappa shape index (κ1) is 15.2. The second kappa shape index (κ2) is 5.31. The van der Waals surface area contributed by atoms with Gasteiger partial charge >= 0.3 is 0 Å². The average molecular weight is 295 g/mol. The molecule has 110 valence electrons. The van der Waals surface area contributed by atoms with Crippen LogP contribution >= 0.6 is 0 Å². The summed E-state index contributed by atoms with van der Waals surface area (Å²) in [6, 6.07) is 7.83. The van der Waals surface area contributed by atoms with Crippen molar-refractivity contribution in [3.05, 3.63) is 40.3 Å². The molecule has 1 aliphatic carbocycles. The molecule has 0 saturated heterocycles. The Morgan fingerprint density at radius 2 is 1.90 bits per heavy atom. The topological polar surface area (TPSA) is 57.6 Å². The van der Waals surface area contributed by atoms with Crippen LogP contribution in [0.15, 0.2) is 29.2 Å². The number of likely N-dealkylation sites (N-methyl/N-ethyl adjacent to an activating group) is 1. The van der Waals surface area contributed by atoms with E-state index in [1.165, 1.54) is 16.9 Å². The predicted molar refractivity (Wildman–Crippen MR) is 80.6 cm³/mol. The quantitative estimate of drug-likeness (QED) is 0.924. The van der Waals surface area contributed by atoms with E-state index in [0.29, 0.717) is 11.3 Å². The van der Waals surface area contributed by atoms with Crippen molar-refractivity contribution < 1.29 is 13.5 Å². The molecule has 0 amide bonds. The summed E-state index contributed by atoms with van der Waals surface area (Å²) in [6.07, 6.45) is 2.99. The van der Waals surface area contributed by atoms with Crippen molar-refractivity contribution in [3.8, 4) is 0 Å². The van der Waals surface area contributed by atoms with Gasteiger partial charge in [-0.25, -0.2) is 8.42 Å². The van der Waals surface area contributed by atoms with E-state index in [-0.39, 0.29) is 6.54 Å². The molecule has 0 radical (unpaired) electrons. The molecule has 0 spiro atoms. The maximum Gasteiger partial charge on any atom is 0.239 e. The highest BCUT2D eigenvalue weighted by Gasteiger charge is 2.29. The minimum atomic E-state index is -3.50. The fourth-order valence-electron chi connectivity index (χ4n) is 2.44. The van der Waals surface area contributed by atoms with Gasteiger partial charge in [0.05, 0.1) is 10.5 Å². The predicted octanol–water partition coefficient (Wildman–Crippen LogP) is 2.01. The van der Waals surface area contributed by atoms with E-state index in [1.807, 2.05) is 24.3 Å². The summed E-state index contributed by atoms with van der Waals surface area (Å²) in [7, 11) is -1.99. The van der Waals surface area contributed by atoms with Crippen LogP contribution in [0, 0.1) is 0 Å². The van der Waals surface area contributed by atoms with E-state index >= 15 is 0 Å². The lowest BCUT2D eigenvalue weighted by Gasteiger charge is -2.27. The number of aliphatic hydroxyl groups is 1. The van der Waals surface area contributed by atoms with Crippen LogP contribution in [0.2, 0.25) is 0 Å². The molecular formula is C15H21NO3S. The van der Waals surface area contributed by atoms with Gasteiger partial charge in [0, 0.05) is 13.6 Å². The molecule has 0 unspecified atom stereocenters. The van der Waals surface area contributed by atoms with E-state index in [4.69, 9.17) is 0 Å². The summed E-state index contributed by atoms with van der Waals surface area (Å²) in [5.41, 5.74) is 1.10. The highest BCUT2D eigenvalue weighted by atomic mass is 32.2. The third-order valence-corrected chi connectivity index (χ3v) is 5.30. The fraction of sp³-hybridized carbons (Fsp3) is 0.467. The zero-order valence-electron chi connectivity index (χ0n) is 12.1. The normalized spacial score (nSPS) is 15.9. The van der Waals surface area contributed by atoms with Crippen LogP contribution in [0.5, 0.6) is 0 Å². The molecule has 4 nitrogen and oxygen atoms in total. The summed E-state index contributed by atoms with van der Waals surface area (Å²) in [6.45, 7) is 3.28. The lowest BCUT2D eigenvalue weighted by molar-refractivity contribution is 0.0642. The highest BCUT2D eigenvalue weighted by molar-refractivity contribution is 7.93. The molecule has 0 bridgehead atoms. The minimum Gasteiger partial charge on any atom is -0.389 e. The van der Waals surface area contributed by atoms with Gasteiger partial charge in [-0.3, -0.25) is 0 Å². The molecule has 0 fully saturated rings. The van der Waals surface area contributed by atoms with E-state index < -0.39 is 15.6 Å². The van der Waals surface area contributed by atoms with Crippen molar-refractivity contribution in [2.75, 3.05) is 13.6 Å². The van der Waals surface area contributed by atoms with Gasteiger partial charge in [-0.1, -0.05) is 24.3 Å². The van der Waals surface area contributed by atoms with Crippen LogP contribution in [0.25, 0.3) is 6.08 Å². The Morgan fingerprint density at radius 1 is 1.25 bits per heavy atom. The Kier molecular flexibility index (Phi) is 4.04. The summed E-state index contributed by atoms with van der Waals surface area (Å²) in [5, 5.41) is 9.78. The first-order valence-corrected chi connectivity index (χ1v) is 8.11. The molecule has 0 atom stereocenters. The number of sulfonamides is 1. The second-order valence-corrected chi connectivity index (χ2v) is 7.98. The Morgan fingerprint density at radius 3 is 2.55 bits per heavy atom. The third-order valence-electron chi connectivity index (χ3n) is 3.36. The van der Waals surface area contributed by atoms with Crippen LogP contribution in [0.3, 0.4) is 0 Å². The van der Waals surface area contributed by atoms with Gasteiger partial charge in [-0.05, 0) is 43.9 Å². The van der Waals surface area contributed by atoms with Crippen molar-refractivity contribution in [2.45, 2.75) is 32.3 Å². The van der Waals surface area contributed by atoms with Crippen LogP contribution in [-0.2, 0) is 16.4 Å². The zero-order chi connectivity index (χ0) is 15.0. The van der Waals surface area contributed by atoms with Crippen LogP contribution < -0.4 is 0 Å². The van der Waals surface area contributed by atoms with Crippen molar-refractivity contribution in [1.29, 1.82) is 0 Å². The van der Waals surface area contributed by atoms with Crippen molar-refractivity contribution in [3.63, 3.8) is 0 Å². The zero-order valence-corrected chi connectivity index (χ0v) is 12.9. The molecular weight excluding hydrogens is 274 g/mol. The Balaban J connectivity index is 2.30. The Bertz CT molecular complexity index is 627. The van der Waals surface area contributed by atoms with Crippen molar-refractivity contribution in [2.24, 2.45) is 0 Å². The molecule has 0 aromatic heterocycles. The van der Waals surface area contributed by atoms with Gasteiger partial charge in [0.15, 0.2) is 0 Å². The number of rotatable bonds is 4. The molecule has 1 aromatic rings. The van der Waals surface area contributed by atoms with Crippen molar-refractivity contribution in [1.82, 2.24) is 4.31 Å². The number of aryl methyl sites for hydroxylation is 1. The second-order valence-electron chi connectivity index (χ2n) is 5.88. The average Bonchev–Trinajstić information content (AvgIpc) is 2.36. The number of nitrogens with zero attached hydrogens (tertiary/aromatic N) is 1. The smallest absolute Gasteiger partial charge is 0.239 e. The fourth-order valence-corrected chi connectivity index (χ4v) is 3.96. The van der Waals surface area contributed by atoms with Gasteiger partial charge in [0.1, 0.15) is 0 Å². The van der Waals surface area contributed by atoms with Gasteiger partial charge in [-0.15, -0.1) is 0 Å². The molecule has 0 saturated carbocycles. The number of allylic oxidation sites excluding steroid dienone is 1. The Hall–Kier alpha value is -1.17. The molecule has 5 heteroatoms. The van der Waals surface area contributed by atoms with Crippen LogP contribution in [0.1, 0.15) is 31.4 Å². The van der Waals surface area contributed by atoms with E-state index in [9.17, 15) is 13.5 Å². The summed E-state index contributed by atoms with van der Waals surface area (Å²) >= 11 is 0. The minimum absolute atomic E-state index is 0.0777. The molecule has 2 rings (SSSR count). The lowest BCUT2D eigenvalue weighted by Crippen LogP contribution is -2.40. The van der Waals surface area contributed by atoms with E-state index in [0.717, 1.165) is 12.0 Å². The molecule has 20 heavy (non-hydrogen) atoms. The molecule has 1 aromatic carbocycles. The molecule has 1 N–H and O–H groups in total. The summed E-state index contributed by atoms with van der Waals surface area (Å²) < 4.78 is 26.3. The molecule has 1 aliphatic rings. The number of hydrogen-bond donors (Lipinski definition) is 1. The highest BCUT2D eigenvalue weighted by Crippen LogP contribution is 2.28. The van der Waals surface area contributed by atoms with Gasteiger partial charge in [0.2, 0.25) is 10.0 Å². The molecule has 0 aliphatic heterocycles. The van der Waals surface area contributed by atoms with Crippen LogP contribution in [0.4, 0.5) is 0 Å². The van der Waals surface area contributed by atoms with E-state index in [2.05, 4.69) is 0 Å². The van der Waals surface area contributed by atoms with Gasteiger partial charge in [-0.2, -0.15) is 4.31 Å². The van der Waals surface area contributed by atoms with Gasteiger partial charge < -0.3 is 5.11 Å². The number of benzene rings is 1. The monoisotopic (exact) mass is 295 g/mol. The SMILES string of the molecule is CN(CC(C)(C)O)S(=O)(=O)C1=Cc2ccccc2CC1. The van der Waals surface area contributed by atoms with E-state index in [1.54, 1.807) is 19.9 Å². The lowest BCUT2D eigenvalue weighted by atomic mass is 9.98.